The molecule has 1 atom stereocenters. The summed E-state index contributed by atoms with van der Waals surface area (Å²) in [5.41, 5.74) is 1.07. The molecule has 1 N–H and O–H groups in total. The molecule has 0 spiro atoms. The number of amides is 1. The predicted octanol–water partition coefficient (Wildman–Crippen LogP) is 2.16. The summed E-state index contributed by atoms with van der Waals surface area (Å²) in [7, 11) is 1.97. The molecule has 0 aliphatic carbocycles. The molecule has 1 aromatic carbocycles. The number of carbonyl (C=O) groups is 1. The maximum Gasteiger partial charge on any atom is 0.246 e. The molecule has 19 heavy (non-hydrogen) atoms. The van der Waals surface area contributed by atoms with E-state index in [4.69, 9.17) is 0 Å². The molecule has 3 nitrogen and oxygen atoms in total. The van der Waals surface area contributed by atoms with E-state index in [-0.39, 0.29) is 5.91 Å². The molecule has 3 heteroatoms. The van der Waals surface area contributed by atoms with Crippen LogP contribution in [-0.4, -0.2) is 37.5 Å². The van der Waals surface area contributed by atoms with Gasteiger partial charge in [0.05, 0.1) is 0 Å². The van der Waals surface area contributed by atoms with Crippen LogP contribution in [0.1, 0.15) is 18.4 Å². The molecule has 1 fully saturated rings. The fourth-order valence-corrected chi connectivity index (χ4v) is 2.56. The largest absolute Gasteiger partial charge is 0.339 e. The minimum atomic E-state index is 0.129. The van der Waals surface area contributed by atoms with Crippen molar-refractivity contribution in [3.63, 3.8) is 0 Å². The van der Waals surface area contributed by atoms with Gasteiger partial charge < -0.3 is 10.2 Å². The maximum atomic E-state index is 12.1. The minimum absolute atomic E-state index is 0.129. The summed E-state index contributed by atoms with van der Waals surface area (Å²) in [6, 6.07) is 9.95. The number of nitrogens with one attached hydrogen (secondary N) is 1. The van der Waals surface area contributed by atoms with Gasteiger partial charge in [0.2, 0.25) is 5.91 Å². The molecule has 1 amide bonds. The van der Waals surface area contributed by atoms with Crippen LogP contribution in [0.2, 0.25) is 0 Å². The number of carbonyl (C=O) groups excluding carboxylic acids is 1. The Kier molecular flexibility index (Phi) is 5.16. The number of benzene rings is 1. The Bertz CT molecular complexity index is 426. The van der Waals surface area contributed by atoms with E-state index in [9.17, 15) is 4.79 Å². The molecular weight excluding hydrogens is 236 g/mol. The highest BCUT2D eigenvalue weighted by Gasteiger charge is 2.21. The number of hydrogen-bond acceptors (Lipinski definition) is 2. The van der Waals surface area contributed by atoms with Crippen LogP contribution in [0.5, 0.6) is 0 Å². The summed E-state index contributed by atoms with van der Waals surface area (Å²) in [4.78, 5) is 14.1. The third kappa shape index (κ3) is 4.21. The van der Waals surface area contributed by atoms with Crippen LogP contribution in [0.25, 0.3) is 6.08 Å². The van der Waals surface area contributed by atoms with Gasteiger partial charge in [0.1, 0.15) is 0 Å². The third-order valence-electron chi connectivity index (χ3n) is 3.54. The van der Waals surface area contributed by atoms with Crippen LogP contribution in [0.15, 0.2) is 36.4 Å². The van der Waals surface area contributed by atoms with Gasteiger partial charge in [-0.05, 0) is 44.0 Å². The lowest BCUT2D eigenvalue weighted by Gasteiger charge is -2.32. The fraction of sp³-hybridized carbons (Fsp3) is 0.438. The van der Waals surface area contributed by atoms with Crippen molar-refractivity contribution in [2.24, 2.45) is 5.92 Å². The van der Waals surface area contributed by atoms with Crippen molar-refractivity contribution in [2.75, 3.05) is 26.7 Å². The van der Waals surface area contributed by atoms with Gasteiger partial charge in [-0.15, -0.1) is 0 Å². The van der Waals surface area contributed by atoms with Crippen molar-refractivity contribution in [3.8, 4) is 0 Å². The zero-order chi connectivity index (χ0) is 13.5. The molecule has 2 rings (SSSR count). The van der Waals surface area contributed by atoms with Crippen LogP contribution in [0.3, 0.4) is 0 Å². The molecule has 1 aliphatic rings. The summed E-state index contributed by atoms with van der Waals surface area (Å²) in [5.74, 6) is 0.720. The summed E-state index contributed by atoms with van der Waals surface area (Å²) in [6.07, 6.45) is 5.91. The Morgan fingerprint density at radius 3 is 2.95 bits per heavy atom. The zero-order valence-electron chi connectivity index (χ0n) is 11.5. The molecule has 0 radical (unpaired) electrons. The lowest BCUT2D eigenvalue weighted by molar-refractivity contribution is -0.127. The molecule has 1 aromatic rings. The van der Waals surface area contributed by atoms with Crippen LogP contribution in [-0.2, 0) is 4.79 Å². The van der Waals surface area contributed by atoms with Gasteiger partial charge in [0.25, 0.3) is 0 Å². The van der Waals surface area contributed by atoms with Crippen molar-refractivity contribution < 1.29 is 4.79 Å². The number of piperidine rings is 1. The first-order chi connectivity index (χ1) is 9.29. The van der Waals surface area contributed by atoms with Crippen molar-refractivity contribution in [3.05, 3.63) is 42.0 Å². The van der Waals surface area contributed by atoms with Crippen LogP contribution < -0.4 is 5.32 Å². The van der Waals surface area contributed by atoms with Crippen molar-refractivity contribution in [1.29, 1.82) is 0 Å². The monoisotopic (exact) mass is 258 g/mol. The minimum Gasteiger partial charge on any atom is -0.339 e. The number of hydrogen-bond donors (Lipinski definition) is 1. The Hall–Kier alpha value is -1.61. The highest BCUT2D eigenvalue weighted by atomic mass is 16.2. The van der Waals surface area contributed by atoms with Gasteiger partial charge >= 0.3 is 0 Å². The molecule has 0 aromatic heterocycles. The molecule has 0 bridgehead atoms. The second-order valence-corrected chi connectivity index (χ2v) is 5.09. The number of nitrogens with zero attached hydrogens (tertiary/aromatic N) is 1. The van der Waals surface area contributed by atoms with E-state index in [2.05, 4.69) is 5.32 Å². The van der Waals surface area contributed by atoms with Gasteiger partial charge in [-0.2, -0.15) is 0 Å². The van der Waals surface area contributed by atoms with Gasteiger partial charge in [-0.25, -0.2) is 0 Å². The summed E-state index contributed by atoms with van der Waals surface area (Å²) < 4.78 is 0. The molecule has 1 unspecified atom stereocenters. The first-order valence-electron chi connectivity index (χ1n) is 6.96. The van der Waals surface area contributed by atoms with E-state index < -0.39 is 0 Å². The summed E-state index contributed by atoms with van der Waals surface area (Å²) in [6.45, 7) is 2.75. The van der Waals surface area contributed by atoms with E-state index in [1.807, 2.05) is 48.4 Å². The normalized spacial score (nSPS) is 19.8. The van der Waals surface area contributed by atoms with E-state index in [1.165, 1.54) is 6.42 Å². The Morgan fingerprint density at radius 1 is 1.42 bits per heavy atom. The molecule has 1 aliphatic heterocycles. The summed E-state index contributed by atoms with van der Waals surface area (Å²) in [5, 5.41) is 3.20. The molecule has 1 heterocycles. The Balaban J connectivity index is 1.90. The summed E-state index contributed by atoms with van der Waals surface area (Å²) >= 11 is 0. The van der Waals surface area contributed by atoms with Crippen molar-refractivity contribution in [1.82, 2.24) is 10.2 Å². The molecule has 102 valence electrons. The molecular formula is C16H22N2O. The Labute approximate surface area is 115 Å². The number of rotatable bonds is 4. The lowest BCUT2D eigenvalue weighted by Crippen LogP contribution is -2.41. The second-order valence-electron chi connectivity index (χ2n) is 5.09. The first-order valence-corrected chi connectivity index (χ1v) is 6.96. The lowest BCUT2D eigenvalue weighted by atomic mass is 9.98. The van der Waals surface area contributed by atoms with Gasteiger partial charge in [0.15, 0.2) is 0 Å². The van der Waals surface area contributed by atoms with Crippen LogP contribution in [0.4, 0.5) is 0 Å². The van der Waals surface area contributed by atoms with E-state index in [1.54, 1.807) is 6.08 Å². The highest BCUT2D eigenvalue weighted by Crippen LogP contribution is 2.16. The Morgan fingerprint density at radius 2 is 2.21 bits per heavy atom. The fourth-order valence-electron chi connectivity index (χ4n) is 2.56. The van der Waals surface area contributed by atoms with Gasteiger partial charge in [-0.3, -0.25) is 4.79 Å². The van der Waals surface area contributed by atoms with Crippen molar-refractivity contribution >= 4 is 12.0 Å². The maximum absolute atomic E-state index is 12.1. The smallest absolute Gasteiger partial charge is 0.246 e. The third-order valence-corrected chi connectivity index (χ3v) is 3.54. The number of likely N-dealkylation sites (tertiary alicyclic amines) is 1. The average molecular weight is 258 g/mol. The second kappa shape index (κ2) is 7.10. The van der Waals surface area contributed by atoms with E-state index in [0.29, 0.717) is 5.92 Å². The average Bonchev–Trinajstić information content (AvgIpc) is 2.46. The van der Waals surface area contributed by atoms with Crippen LogP contribution in [0, 0.1) is 5.92 Å². The van der Waals surface area contributed by atoms with E-state index in [0.717, 1.165) is 31.6 Å². The first kappa shape index (κ1) is 13.8. The highest BCUT2D eigenvalue weighted by molar-refractivity contribution is 5.91. The van der Waals surface area contributed by atoms with Gasteiger partial charge in [0, 0.05) is 19.2 Å². The van der Waals surface area contributed by atoms with Gasteiger partial charge in [-0.1, -0.05) is 30.3 Å². The van der Waals surface area contributed by atoms with Crippen LogP contribution >= 0.6 is 0 Å². The zero-order valence-corrected chi connectivity index (χ0v) is 11.5. The molecule has 0 saturated carbocycles. The molecule has 1 saturated heterocycles. The standard InChI is InChI=1S/C16H22N2O/c1-17-12-15-8-5-11-18(13-15)16(19)10-9-14-6-3-2-4-7-14/h2-4,6-7,9-10,15,17H,5,8,11-13H2,1H3. The predicted molar refractivity (Wildman–Crippen MR) is 78.7 cm³/mol. The van der Waals surface area contributed by atoms with Crippen molar-refractivity contribution in [2.45, 2.75) is 12.8 Å². The van der Waals surface area contributed by atoms with E-state index >= 15 is 0 Å². The quantitative estimate of drug-likeness (QED) is 0.839. The SMILES string of the molecule is CNCC1CCCN(C(=O)C=Cc2ccccc2)C1. The topological polar surface area (TPSA) is 32.3 Å².